The van der Waals surface area contributed by atoms with Crippen molar-refractivity contribution in [2.75, 3.05) is 33.2 Å². The number of likely N-dealkylation sites (tertiary alicyclic amines) is 2. The van der Waals surface area contributed by atoms with E-state index in [0.717, 1.165) is 18.5 Å². The standard InChI is InChI=1S/C15H31N3/c1-12-11-17(4)13(2)9-15(12)16-10-14(3)18-7-5-6-8-18/h12-16H,5-11H2,1-4H3. The number of nitrogens with one attached hydrogen (secondary N) is 1. The van der Waals surface area contributed by atoms with Crippen molar-refractivity contribution >= 4 is 0 Å². The van der Waals surface area contributed by atoms with E-state index in [0.29, 0.717) is 12.1 Å². The second kappa shape index (κ2) is 6.36. The number of piperidine rings is 1. The van der Waals surface area contributed by atoms with Crippen LogP contribution in [0.3, 0.4) is 0 Å². The molecule has 0 aromatic carbocycles. The van der Waals surface area contributed by atoms with E-state index in [1.54, 1.807) is 0 Å². The fraction of sp³-hybridized carbons (Fsp3) is 1.00. The van der Waals surface area contributed by atoms with Crippen molar-refractivity contribution in [2.24, 2.45) is 5.92 Å². The Morgan fingerprint density at radius 1 is 1.22 bits per heavy atom. The summed E-state index contributed by atoms with van der Waals surface area (Å²) < 4.78 is 0. The lowest BCUT2D eigenvalue weighted by atomic mass is 9.90. The number of hydrogen-bond acceptors (Lipinski definition) is 3. The van der Waals surface area contributed by atoms with Gasteiger partial charge in [0.25, 0.3) is 0 Å². The van der Waals surface area contributed by atoms with E-state index >= 15 is 0 Å². The minimum atomic E-state index is 0.703. The van der Waals surface area contributed by atoms with Crippen LogP contribution < -0.4 is 5.32 Å². The molecule has 0 spiro atoms. The summed E-state index contributed by atoms with van der Waals surface area (Å²) in [6.07, 6.45) is 4.09. The van der Waals surface area contributed by atoms with Gasteiger partial charge in [0.2, 0.25) is 0 Å². The van der Waals surface area contributed by atoms with Gasteiger partial charge in [0.15, 0.2) is 0 Å². The number of nitrogens with zero attached hydrogens (tertiary/aromatic N) is 2. The molecule has 2 aliphatic rings. The first-order chi connectivity index (χ1) is 8.58. The minimum Gasteiger partial charge on any atom is -0.312 e. The van der Waals surface area contributed by atoms with Crippen molar-refractivity contribution in [3.8, 4) is 0 Å². The van der Waals surface area contributed by atoms with Crippen LogP contribution in [0.5, 0.6) is 0 Å². The van der Waals surface area contributed by atoms with Gasteiger partial charge in [-0.2, -0.15) is 0 Å². The van der Waals surface area contributed by atoms with Gasteiger partial charge in [0.05, 0.1) is 0 Å². The van der Waals surface area contributed by atoms with Crippen molar-refractivity contribution < 1.29 is 0 Å². The molecule has 0 radical (unpaired) electrons. The Labute approximate surface area is 113 Å². The summed E-state index contributed by atoms with van der Waals surface area (Å²) in [5.74, 6) is 0.775. The molecule has 1 N–H and O–H groups in total. The van der Waals surface area contributed by atoms with Crippen molar-refractivity contribution in [3.05, 3.63) is 0 Å². The lowest BCUT2D eigenvalue weighted by Gasteiger charge is -2.40. The molecule has 0 aliphatic carbocycles. The molecule has 4 atom stereocenters. The van der Waals surface area contributed by atoms with Crippen LogP contribution in [0.1, 0.15) is 40.0 Å². The molecule has 2 saturated heterocycles. The summed E-state index contributed by atoms with van der Waals surface area (Å²) in [6, 6.07) is 2.14. The molecule has 3 nitrogen and oxygen atoms in total. The molecular formula is C15H31N3. The van der Waals surface area contributed by atoms with E-state index in [4.69, 9.17) is 0 Å². The summed E-state index contributed by atoms with van der Waals surface area (Å²) in [5.41, 5.74) is 0. The molecule has 2 heterocycles. The first-order valence-corrected chi connectivity index (χ1v) is 7.75. The third-order valence-corrected chi connectivity index (χ3v) is 5.05. The topological polar surface area (TPSA) is 18.5 Å². The zero-order valence-electron chi connectivity index (χ0n) is 12.7. The van der Waals surface area contributed by atoms with Crippen molar-refractivity contribution in [1.82, 2.24) is 15.1 Å². The largest absolute Gasteiger partial charge is 0.312 e. The molecule has 18 heavy (non-hydrogen) atoms. The normalized spacial score (nSPS) is 37.0. The van der Waals surface area contributed by atoms with Crippen LogP contribution in [-0.4, -0.2) is 61.2 Å². The van der Waals surface area contributed by atoms with Gasteiger partial charge in [-0.3, -0.25) is 4.90 Å². The van der Waals surface area contributed by atoms with E-state index in [9.17, 15) is 0 Å². The van der Waals surface area contributed by atoms with Gasteiger partial charge < -0.3 is 10.2 Å². The molecule has 4 unspecified atom stereocenters. The monoisotopic (exact) mass is 253 g/mol. The SMILES string of the molecule is CC1CN(C)C(C)CC1NCC(C)N1CCCC1. The summed E-state index contributed by atoms with van der Waals surface area (Å²) in [4.78, 5) is 5.13. The molecular weight excluding hydrogens is 222 g/mol. The van der Waals surface area contributed by atoms with Crippen molar-refractivity contribution in [3.63, 3.8) is 0 Å². The van der Waals surface area contributed by atoms with Gasteiger partial charge in [0, 0.05) is 31.2 Å². The van der Waals surface area contributed by atoms with Crippen LogP contribution in [0.15, 0.2) is 0 Å². The van der Waals surface area contributed by atoms with Gasteiger partial charge in [-0.05, 0) is 59.2 Å². The highest BCUT2D eigenvalue weighted by Gasteiger charge is 2.29. The lowest BCUT2D eigenvalue weighted by molar-refractivity contribution is 0.116. The fourth-order valence-electron chi connectivity index (χ4n) is 3.46. The van der Waals surface area contributed by atoms with Crippen LogP contribution in [-0.2, 0) is 0 Å². The highest BCUT2D eigenvalue weighted by Crippen LogP contribution is 2.21. The van der Waals surface area contributed by atoms with Gasteiger partial charge in [0.1, 0.15) is 0 Å². The summed E-state index contributed by atoms with van der Waals surface area (Å²) in [6.45, 7) is 12.1. The van der Waals surface area contributed by atoms with E-state index in [1.807, 2.05) is 0 Å². The maximum atomic E-state index is 3.83. The van der Waals surface area contributed by atoms with Gasteiger partial charge in [-0.1, -0.05) is 6.92 Å². The third-order valence-electron chi connectivity index (χ3n) is 5.05. The Balaban J connectivity index is 1.75. The van der Waals surface area contributed by atoms with Gasteiger partial charge in [-0.15, -0.1) is 0 Å². The van der Waals surface area contributed by atoms with E-state index in [1.165, 1.54) is 38.9 Å². The van der Waals surface area contributed by atoms with Gasteiger partial charge >= 0.3 is 0 Å². The van der Waals surface area contributed by atoms with Crippen LogP contribution in [0.2, 0.25) is 0 Å². The third kappa shape index (κ3) is 3.46. The highest BCUT2D eigenvalue weighted by molar-refractivity contribution is 4.87. The Morgan fingerprint density at radius 3 is 2.56 bits per heavy atom. The maximum Gasteiger partial charge on any atom is 0.0192 e. The molecule has 2 rings (SSSR count). The zero-order valence-corrected chi connectivity index (χ0v) is 12.7. The highest BCUT2D eigenvalue weighted by atomic mass is 15.2. The van der Waals surface area contributed by atoms with Crippen LogP contribution in [0.25, 0.3) is 0 Å². The lowest BCUT2D eigenvalue weighted by Crippen LogP contribution is -2.53. The molecule has 2 aliphatic heterocycles. The molecule has 2 fully saturated rings. The maximum absolute atomic E-state index is 3.83. The second-order valence-electron chi connectivity index (χ2n) is 6.61. The molecule has 106 valence electrons. The molecule has 0 saturated carbocycles. The average Bonchev–Trinajstić information content (AvgIpc) is 2.85. The van der Waals surface area contributed by atoms with Crippen molar-refractivity contribution in [2.45, 2.75) is 58.2 Å². The van der Waals surface area contributed by atoms with E-state index < -0.39 is 0 Å². The zero-order chi connectivity index (χ0) is 13.1. The Kier molecular flexibility index (Phi) is 5.05. The molecule has 0 aromatic heterocycles. The van der Waals surface area contributed by atoms with Crippen LogP contribution in [0, 0.1) is 5.92 Å². The summed E-state index contributed by atoms with van der Waals surface area (Å²) >= 11 is 0. The van der Waals surface area contributed by atoms with E-state index in [2.05, 4.69) is 42.9 Å². The van der Waals surface area contributed by atoms with Gasteiger partial charge in [-0.25, -0.2) is 0 Å². The van der Waals surface area contributed by atoms with Crippen LogP contribution in [0.4, 0.5) is 0 Å². The predicted octanol–water partition coefficient (Wildman–Crippen LogP) is 1.79. The smallest absolute Gasteiger partial charge is 0.0192 e. The Morgan fingerprint density at radius 2 is 1.89 bits per heavy atom. The van der Waals surface area contributed by atoms with E-state index in [-0.39, 0.29) is 0 Å². The number of rotatable bonds is 4. The second-order valence-corrected chi connectivity index (χ2v) is 6.61. The Hall–Kier alpha value is -0.120. The molecule has 0 amide bonds. The summed E-state index contributed by atoms with van der Waals surface area (Å²) in [5, 5.41) is 3.83. The van der Waals surface area contributed by atoms with Crippen LogP contribution >= 0.6 is 0 Å². The number of hydrogen-bond donors (Lipinski definition) is 1. The molecule has 0 bridgehead atoms. The average molecular weight is 253 g/mol. The summed E-state index contributed by atoms with van der Waals surface area (Å²) in [7, 11) is 2.25. The predicted molar refractivity (Wildman–Crippen MR) is 77.9 cm³/mol. The molecule has 3 heteroatoms. The first-order valence-electron chi connectivity index (χ1n) is 7.75. The van der Waals surface area contributed by atoms with Crippen molar-refractivity contribution in [1.29, 1.82) is 0 Å². The first kappa shape index (κ1) is 14.3. The Bertz CT molecular complexity index is 250. The quantitative estimate of drug-likeness (QED) is 0.824. The fourth-order valence-corrected chi connectivity index (χ4v) is 3.46. The molecule has 0 aromatic rings. The minimum absolute atomic E-state index is 0.703.